The highest BCUT2D eigenvalue weighted by Crippen LogP contribution is 2.21. The van der Waals surface area contributed by atoms with E-state index in [1.54, 1.807) is 0 Å². The van der Waals surface area contributed by atoms with Crippen LogP contribution in [0.3, 0.4) is 0 Å². The zero-order valence-corrected chi connectivity index (χ0v) is 14.5. The van der Waals surface area contributed by atoms with Crippen molar-refractivity contribution in [2.75, 3.05) is 18.0 Å². The molecule has 0 atom stereocenters. The lowest BCUT2D eigenvalue weighted by Gasteiger charge is -2.21. The molecule has 0 fully saturated rings. The number of ether oxygens (including phenoxy) is 1. The first kappa shape index (κ1) is 18.2. The highest BCUT2D eigenvalue weighted by Gasteiger charge is 2.22. The van der Waals surface area contributed by atoms with Gasteiger partial charge < -0.3 is 19.8 Å². The second kappa shape index (κ2) is 8.09. The van der Waals surface area contributed by atoms with E-state index in [-0.39, 0.29) is 17.5 Å². The maximum Gasteiger partial charge on any atom is 0.343 e. The van der Waals surface area contributed by atoms with E-state index >= 15 is 0 Å². The normalized spacial score (nSPS) is 11.2. The number of rotatable bonds is 7. The van der Waals surface area contributed by atoms with Crippen molar-refractivity contribution in [3.8, 4) is 5.75 Å². The molecule has 0 aliphatic heterocycles. The Morgan fingerprint density at radius 1 is 1.40 bits per heavy atom. The van der Waals surface area contributed by atoms with E-state index in [0.29, 0.717) is 5.75 Å². The Balaban J connectivity index is 2.27. The fourth-order valence-corrected chi connectivity index (χ4v) is 2.41. The van der Waals surface area contributed by atoms with Crippen molar-refractivity contribution >= 4 is 17.4 Å². The van der Waals surface area contributed by atoms with Gasteiger partial charge in [-0.05, 0) is 43.0 Å². The summed E-state index contributed by atoms with van der Waals surface area (Å²) in [7, 11) is 1.53. The number of aliphatic imine (C=N–C) groups is 1. The van der Waals surface area contributed by atoms with Crippen LogP contribution in [0.15, 0.2) is 48.2 Å². The van der Waals surface area contributed by atoms with Gasteiger partial charge in [0.15, 0.2) is 0 Å². The van der Waals surface area contributed by atoms with Gasteiger partial charge in [0, 0.05) is 25.0 Å². The van der Waals surface area contributed by atoms with Crippen molar-refractivity contribution in [2.45, 2.75) is 13.8 Å². The summed E-state index contributed by atoms with van der Waals surface area (Å²) in [5.74, 6) is 0.801. The minimum Gasteiger partial charge on any atom is -0.434 e. The highest BCUT2D eigenvalue weighted by atomic mass is 16.6. The molecule has 0 saturated carbocycles. The van der Waals surface area contributed by atoms with Crippen molar-refractivity contribution in [1.82, 2.24) is 9.55 Å². The van der Waals surface area contributed by atoms with Gasteiger partial charge in [0.05, 0.1) is 7.05 Å². The molecule has 8 heteroatoms. The summed E-state index contributed by atoms with van der Waals surface area (Å²) in [5.41, 5.74) is 1.09. The van der Waals surface area contributed by atoms with Gasteiger partial charge in [-0.1, -0.05) is 6.58 Å². The van der Waals surface area contributed by atoms with Crippen molar-refractivity contribution in [3.05, 3.63) is 59.2 Å². The summed E-state index contributed by atoms with van der Waals surface area (Å²) in [6.07, 6.45) is 2.47. The Labute approximate surface area is 146 Å². The molecule has 132 valence electrons. The zero-order valence-electron chi connectivity index (χ0n) is 14.5. The van der Waals surface area contributed by atoms with Gasteiger partial charge in [-0.3, -0.25) is 0 Å². The quantitative estimate of drug-likeness (QED) is 0.334. The van der Waals surface area contributed by atoms with E-state index in [1.165, 1.54) is 24.0 Å². The number of aromatic nitrogens is 2. The van der Waals surface area contributed by atoms with Crippen LogP contribution >= 0.6 is 0 Å². The van der Waals surface area contributed by atoms with Gasteiger partial charge in [-0.2, -0.15) is 0 Å². The van der Waals surface area contributed by atoms with Gasteiger partial charge in [0.25, 0.3) is 11.7 Å². The maximum absolute atomic E-state index is 11.0. The summed E-state index contributed by atoms with van der Waals surface area (Å²) < 4.78 is 7.08. The van der Waals surface area contributed by atoms with E-state index < -0.39 is 4.92 Å². The lowest BCUT2D eigenvalue weighted by Crippen LogP contribution is -2.21. The third kappa shape index (κ3) is 4.03. The first-order chi connectivity index (χ1) is 12.0. The fraction of sp³-hybridized carbons (Fsp3) is 0.294. The van der Waals surface area contributed by atoms with Gasteiger partial charge >= 0.3 is 5.82 Å². The average molecular weight is 343 g/mol. The van der Waals surface area contributed by atoms with E-state index in [2.05, 4.69) is 35.3 Å². The molecular weight excluding hydrogens is 322 g/mol. The number of nitrogens with zero attached hydrogens (tertiary/aromatic N) is 5. The molecular formula is C17H21N5O3. The minimum absolute atomic E-state index is 0.140. The van der Waals surface area contributed by atoms with Crippen LogP contribution in [0.25, 0.3) is 0 Å². The summed E-state index contributed by atoms with van der Waals surface area (Å²) in [5, 5.41) is 11.0. The molecule has 0 amide bonds. The molecule has 1 aromatic carbocycles. The van der Waals surface area contributed by atoms with Gasteiger partial charge in [0.2, 0.25) is 0 Å². The molecule has 0 N–H and O–H groups in total. The standard InChI is InChI=1S/C17H21N5O3/c1-5-18-17(16-19-12-15(20(16)4)22(23)24)25-14-10-8-13(9-11-14)21(6-2)7-3/h5,8-12H,1,6-7H2,2-4H3. The van der Waals surface area contributed by atoms with Gasteiger partial charge in [-0.15, -0.1) is 0 Å². The molecule has 1 aromatic heterocycles. The van der Waals surface area contributed by atoms with Crippen molar-refractivity contribution in [2.24, 2.45) is 12.0 Å². The van der Waals surface area contributed by atoms with Crippen LogP contribution in [0.2, 0.25) is 0 Å². The predicted molar refractivity (Wildman–Crippen MR) is 97.2 cm³/mol. The Morgan fingerprint density at radius 2 is 2.04 bits per heavy atom. The van der Waals surface area contributed by atoms with Crippen LogP contribution in [0.1, 0.15) is 19.7 Å². The molecule has 0 aliphatic carbocycles. The molecule has 0 unspecified atom stereocenters. The van der Waals surface area contributed by atoms with Crippen LogP contribution in [-0.4, -0.2) is 33.5 Å². The summed E-state index contributed by atoms with van der Waals surface area (Å²) in [4.78, 5) is 20.8. The van der Waals surface area contributed by atoms with Gasteiger partial charge in [-0.25, -0.2) is 14.5 Å². The molecule has 0 spiro atoms. The van der Waals surface area contributed by atoms with Crippen LogP contribution in [0, 0.1) is 10.1 Å². The molecule has 0 bridgehead atoms. The SMILES string of the molecule is C=CN=C(Oc1ccc(N(CC)CC)cc1)c1ncc([N+](=O)[O-])n1C. The monoisotopic (exact) mass is 343 g/mol. The average Bonchev–Trinajstić information content (AvgIpc) is 2.98. The molecule has 2 aromatic rings. The number of anilines is 1. The van der Waals surface area contributed by atoms with E-state index in [4.69, 9.17) is 4.74 Å². The van der Waals surface area contributed by atoms with Crippen molar-refractivity contribution in [3.63, 3.8) is 0 Å². The zero-order chi connectivity index (χ0) is 18.4. The number of imidazole rings is 1. The van der Waals surface area contributed by atoms with Crippen molar-refractivity contribution < 1.29 is 9.66 Å². The smallest absolute Gasteiger partial charge is 0.343 e. The van der Waals surface area contributed by atoms with Crippen LogP contribution < -0.4 is 9.64 Å². The second-order valence-corrected chi connectivity index (χ2v) is 5.14. The van der Waals surface area contributed by atoms with Crippen LogP contribution in [0.5, 0.6) is 5.75 Å². The third-order valence-electron chi connectivity index (χ3n) is 3.73. The summed E-state index contributed by atoms with van der Waals surface area (Å²) in [6.45, 7) is 9.57. The first-order valence-corrected chi connectivity index (χ1v) is 7.89. The Kier molecular flexibility index (Phi) is 5.89. The number of hydrogen-bond donors (Lipinski definition) is 0. The molecule has 0 aliphatic rings. The predicted octanol–water partition coefficient (Wildman–Crippen LogP) is 3.14. The van der Waals surface area contributed by atoms with Crippen molar-refractivity contribution in [1.29, 1.82) is 0 Å². The Morgan fingerprint density at radius 3 is 2.52 bits per heavy atom. The maximum atomic E-state index is 11.0. The van der Waals surface area contributed by atoms with E-state index in [1.807, 2.05) is 24.3 Å². The number of nitro groups is 1. The van der Waals surface area contributed by atoms with E-state index in [9.17, 15) is 10.1 Å². The molecule has 2 rings (SSSR count). The fourth-order valence-electron chi connectivity index (χ4n) is 2.41. The molecule has 25 heavy (non-hydrogen) atoms. The Bertz CT molecular complexity index is 776. The van der Waals surface area contributed by atoms with Crippen LogP contribution in [-0.2, 0) is 7.05 Å². The largest absolute Gasteiger partial charge is 0.434 e. The lowest BCUT2D eigenvalue weighted by molar-refractivity contribution is -0.391. The highest BCUT2D eigenvalue weighted by molar-refractivity contribution is 5.93. The Hall–Kier alpha value is -3.16. The second-order valence-electron chi connectivity index (χ2n) is 5.14. The lowest BCUT2D eigenvalue weighted by atomic mass is 10.2. The van der Waals surface area contributed by atoms with Gasteiger partial charge in [0.1, 0.15) is 11.9 Å². The third-order valence-corrected chi connectivity index (χ3v) is 3.73. The molecule has 8 nitrogen and oxygen atoms in total. The van der Waals surface area contributed by atoms with E-state index in [0.717, 1.165) is 18.8 Å². The molecule has 1 heterocycles. The van der Waals surface area contributed by atoms with Crippen LogP contribution in [0.4, 0.5) is 11.5 Å². The minimum atomic E-state index is -0.513. The first-order valence-electron chi connectivity index (χ1n) is 7.89. The summed E-state index contributed by atoms with van der Waals surface area (Å²) >= 11 is 0. The topological polar surface area (TPSA) is 85.8 Å². The number of hydrogen-bond acceptors (Lipinski definition) is 6. The molecule has 0 saturated heterocycles. The molecule has 0 radical (unpaired) electrons. The summed E-state index contributed by atoms with van der Waals surface area (Å²) in [6, 6.07) is 7.55. The number of benzene rings is 1.